The summed E-state index contributed by atoms with van der Waals surface area (Å²) in [4.78, 5) is 26.6. The van der Waals surface area contributed by atoms with Crippen molar-refractivity contribution in [1.82, 2.24) is 9.47 Å². The Balaban J connectivity index is 1.96. The van der Waals surface area contributed by atoms with Gasteiger partial charge < -0.3 is 14.6 Å². The van der Waals surface area contributed by atoms with Crippen molar-refractivity contribution >= 4 is 62.9 Å². The van der Waals surface area contributed by atoms with Gasteiger partial charge >= 0.3 is 0 Å². The standard InChI is InChI=1S/C18H18I2N2O3S/c1-26-7-5-12-10-21(9-11-2-3-13(19)14(20)8-11)18(25)16-17(24)15(23)4-6-22(12)16/h2-4,6,8,12,24H,5,7,9-10H2,1H3. The van der Waals surface area contributed by atoms with Gasteiger partial charge in [-0.1, -0.05) is 6.07 Å². The van der Waals surface area contributed by atoms with Gasteiger partial charge in [0.05, 0.1) is 6.04 Å². The number of thioether (sulfide) groups is 1. The van der Waals surface area contributed by atoms with Crippen molar-refractivity contribution in [2.75, 3.05) is 18.6 Å². The molecule has 0 bridgehead atoms. The molecule has 2 heterocycles. The molecule has 138 valence electrons. The van der Waals surface area contributed by atoms with E-state index in [9.17, 15) is 14.7 Å². The van der Waals surface area contributed by atoms with Gasteiger partial charge in [-0.05, 0) is 81.3 Å². The molecule has 0 saturated carbocycles. The number of nitrogens with zero attached hydrogens (tertiary/aromatic N) is 2. The highest BCUT2D eigenvalue weighted by molar-refractivity contribution is 14.1. The van der Waals surface area contributed by atoms with Gasteiger partial charge in [0, 0.05) is 32.5 Å². The zero-order valence-electron chi connectivity index (χ0n) is 14.1. The van der Waals surface area contributed by atoms with Crippen LogP contribution in [0.5, 0.6) is 5.75 Å². The summed E-state index contributed by atoms with van der Waals surface area (Å²) in [5.74, 6) is 0.197. The Labute approximate surface area is 183 Å². The molecule has 3 rings (SSSR count). The maximum absolute atomic E-state index is 13.0. The Morgan fingerprint density at radius 1 is 1.23 bits per heavy atom. The lowest BCUT2D eigenvalue weighted by atomic mass is 10.1. The van der Waals surface area contributed by atoms with E-state index < -0.39 is 11.2 Å². The average molecular weight is 596 g/mol. The number of carbonyl (C=O) groups excluding carboxylic acids is 1. The number of hydrogen-bond acceptors (Lipinski definition) is 4. The lowest BCUT2D eigenvalue weighted by molar-refractivity contribution is 0.0642. The normalized spacial score (nSPS) is 16.7. The Kier molecular flexibility index (Phi) is 6.54. The van der Waals surface area contributed by atoms with Gasteiger partial charge in [-0.25, -0.2) is 0 Å². The average Bonchev–Trinajstić information content (AvgIpc) is 2.62. The number of benzene rings is 1. The minimum Gasteiger partial charge on any atom is -0.503 e. The van der Waals surface area contributed by atoms with Crippen LogP contribution >= 0.6 is 56.9 Å². The van der Waals surface area contributed by atoms with Gasteiger partial charge in [0.25, 0.3) is 5.91 Å². The SMILES string of the molecule is CSCCC1CN(Cc2ccc(I)c(I)c2)C(=O)c2c(O)c(=O)ccn21. The topological polar surface area (TPSA) is 62.5 Å². The summed E-state index contributed by atoms with van der Waals surface area (Å²) in [7, 11) is 0. The number of rotatable bonds is 5. The van der Waals surface area contributed by atoms with Gasteiger partial charge in [-0.15, -0.1) is 0 Å². The largest absolute Gasteiger partial charge is 0.503 e. The van der Waals surface area contributed by atoms with Crippen molar-refractivity contribution in [1.29, 1.82) is 0 Å². The van der Waals surface area contributed by atoms with Crippen LogP contribution in [0.1, 0.15) is 28.5 Å². The second-order valence-electron chi connectivity index (χ2n) is 6.15. The van der Waals surface area contributed by atoms with E-state index in [1.807, 2.05) is 18.4 Å². The third kappa shape index (κ3) is 4.06. The third-order valence-electron chi connectivity index (χ3n) is 4.43. The summed E-state index contributed by atoms with van der Waals surface area (Å²) < 4.78 is 4.08. The van der Waals surface area contributed by atoms with Crippen LogP contribution < -0.4 is 5.43 Å². The van der Waals surface area contributed by atoms with Crippen molar-refractivity contribution in [3.05, 3.63) is 59.1 Å². The van der Waals surface area contributed by atoms with E-state index in [0.29, 0.717) is 13.1 Å². The van der Waals surface area contributed by atoms with Crippen LogP contribution in [0.2, 0.25) is 0 Å². The van der Waals surface area contributed by atoms with E-state index >= 15 is 0 Å². The van der Waals surface area contributed by atoms with Crippen LogP contribution in [0.4, 0.5) is 0 Å². The molecule has 1 amide bonds. The zero-order chi connectivity index (χ0) is 18.8. The number of carbonyl (C=O) groups is 1. The van der Waals surface area contributed by atoms with Gasteiger partial charge in [0.15, 0.2) is 11.4 Å². The first-order valence-corrected chi connectivity index (χ1v) is 11.6. The number of hydrogen-bond donors (Lipinski definition) is 1. The fraction of sp³-hybridized carbons (Fsp3) is 0.333. The van der Waals surface area contributed by atoms with Crippen molar-refractivity contribution in [2.24, 2.45) is 0 Å². The van der Waals surface area contributed by atoms with Gasteiger partial charge in [0.2, 0.25) is 5.43 Å². The molecule has 1 aliphatic heterocycles. The van der Waals surface area contributed by atoms with Crippen LogP contribution in [0.15, 0.2) is 35.3 Å². The molecule has 1 aromatic carbocycles. The third-order valence-corrected chi connectivity index (χ3v) is 7.94. The molecule has 1 aliphatic rings. The number of pyridine rings is 1. The molecule has 0 radical (unpaired) electrons. The highest BCUT2D eigenvalue weighted by Gasteiger charge is 2.33. The maximum atomic E-state index is 13.0. The van der Waals surface area contributed by atoms with Crippen molar-refractivity contribution in [3.8, 4) is 5.75 Å². The summed E-state index contributed by atoms with van der Waals surface area (Å²) in [6, 6.07) is 7.49. The van der Waals surface area contributed by atoms with Crippen molar-refractivity contribution < 1.29 is 9.90 Å². The fourth-order valence-electron chi connectivity index (χ4n) is 3.11. The molecule has 1 aromatic heterocycles. The number of halogens is 2. The monoisotopic (exact) mass is 596 g/mol. The van der Waals surface area contributed by atoms with Crippen LogP contribution in [0.25, 0.3) is 0 Å². The molecule has 8 heteroatoms. The fourth-order valence-corrected chi connectivity index (χ4v) is 4.53. The first kappa shape index (κ1) is 20.0. The van der Waals surface area contributed by atoms with Crippen LogP contribution in [0.3, 0.4) is 0 Å². The Morgan fingerprint density at radius 2 is 2.00 bits per heavy atom. The van der Waals surface area contributed by atoms with Crippen molar-refractivity contribution in [2.45, 2.75) is 19.0 Å². The molecule has 1 N–H and O–H groups in total. The maximum Gasteiger partial charge on any atom is 0.274 e. The zero-order valence-corrected chi connectivity index (χ0v) is 19.2. The van der Waals surface area contributed by atoms with E-state index in [1.54, 1.807) is 27.4 Å². The lowest BCUT2D eigenvalue weighted by Gasteiger charge is -2.36. The number of fused-ring (bicyclic) bond motifs is 1. The molecule has 5 nitrogen and oxygen atoms in total. The van der Waals surface area contributed by atoms with Crippen LogP contribution in [0, 0.1) is 7.14 Å². The van der Waals surface area contributed by atoms with Gasteiger partial charge in [0.1, 0.15) is 0 Å². The predicted molar refractivity (Wildman–Crippen MR) is 121 cm³/mol. The van der Waals surface area contributed by atoms with E-state index in [-0.39, 0.29) is 17.6 Å². The first-order valence-electron chi connectivity index (χ1n) is 8.08. The first-order chi connectivity index (χ1) is 12.4. The molecule has 0 spiro atoms. The van der Waals surface area contributed by atoms with E-state index in [2.05, 4.69) is 51.2 Å². The van der Waals surface area contributed by atoms with Crippen LogP contribution in [-0.4, -0.2) is 39.0 Å². The molecule has 26 heavy (non-hydrogen) atoms. The predicted octanol–water partition coefficient (Wildman–Crippen LogP) is 3.71. The van der Waals surface area contributed by atoms with E-state index in [4.69, 9.17) is 0 Å². The van der Waals surface area contributed by atoms with Gasteiger partial charge in [-0.2, -0.15) is 11.8 Å². The second-order valence-corrected chi connectivity index (χ2v) is 9.46. The van der Waals surface area contributed by atoms with Gasteiger partial charge in [-0.3, -0.25) is 9.59 Å². The van der Waals surface area contributed by atoms with Crippen LogP contribution in [-0.2, 0) is 6.54 Å². The Hall–Kier alpha value is -0.750. The molecular formula is C18H18I2N2O3S. The molecule has 0 aliphatic carbocycles. The quantitative estimate of drug-likeness (QED) is 0.536. The molecule has 1 atom stereocenters. The molecule has 1 unspecified atom stereocenters. The Morgan fingerprint density at radius 3 is 2.69 bits per heavy atom. The molecule has 0 saturated heterocycles. The number of aromatic nitrogens is 1. The summed E-state index contributed by atoms with van der Waals surface area (Å²) in [6.07, 6.45) is 4.54. The molecule has 2 aromatic rings. The van der Waals surface area contributed by atoms with E-state index in [1.165, 1.54) is 9.64 Å². The highest BCUT2D eigenvalue weighted by Crippen LogP contribution is 2.29. The van der Waals surface area contributed by atoms with E-state index in [0.717, 1.165) is 21.3 Å². The smallest absolute Gasteiger partial charge is 0.274 e. The minimum atomic E-state index is -0.515. The number of amides is 1. The minimum absolute atomic E-state index is 0.0459. The summed E-state index contributed by atoms with van der Waals surface area (Å²) in [5, 5.41) is 10.2. The Bertz CT molecular complexity index is 900. The molecule has 0 fully saturated rings. The van der Waals surface area contributed by atoms with Crippen molar-refractivity contribution in [3.63, 3.8) is 0 Å². The summed E-state index contributed by atoms with van der Waals surface area (Å²) >= 11 is 6.31. The number of aromatic hydroxyl groups is 1. The lowest BCUT2D eigenvalue weighted by Crippen LogP contribution is -2.44. The summed E-state index contributed by atoms with van der Waals surface area (Å²) in [6.45, 7) is 1.03. The highest BCUT2D eigenvalue weighted by atomic mass is 127. The summed E-state index contributed by atoms with van der Waals surface area (Å²) in [5.41, 5.74) is 0.631. The second kappa shape index (κ2) is 8.51. The molecular weight excluding hydrogens is 578 g/mol.